The third kappa shape index (κ3) is 5.03. The topological polar surface area (TPSA) is 24.9 Å². The maximum atomic E-state index is 6.53. The predicted octanol–water partition coefficient (Wildman–Crippen LogP) is 6.01. The number of rotatable bonds is 7. The second kappa shape index (κ2) is 9.77. The molecule has 1 aromatic carbocycles. The molecule has 0 bridgehead atoms. The largest absolute Gasteiger partial charge is 0.316 e. The van der Waals surface area contributed by atoms with E-state index in [1.54, 1.807) is 0 Å². The third-order valence-electron chi connectivity index (χ3n) is 5.20. The Morgan fingerprint density at radius 1 is 1.19 bits per heavy atom. The molecule has 1 N–H and O–H groups in total. The summed E-state index contributed by atoms with van der Waals surface area (Å²) in [6, 6.07) is 8.68. The van der Waals surface area contributed by atoms with E-state index >= 15 is 0 Å². The smallest absolute Gasteiger partial charge is 0.0544 e. The van der Waals surface area contributed by atoms with E-state index in [1.807, 2.05) is 11.8 Å². The van der Waals surface area contributed by atoms with Crippen LogP contribution in [0.4, 0.5) is 0 Å². The minimum atomic E-state index is 0.594. The summed E-state index contributed by atoms with van der Waals surface area (Å²) >= 11 is 8.36. The highest BCUT2D eigenvalue weighted by atomic mass is 35.5. The van der Waals surface area contributed by atoms with Gasteiger partial charge in [-0.2, -0.15) is 0 Å². The Morgan fingerprint density at radius 2 is 2.04 bits per heavy atom. The molecular weight excluding hydrogens is 360 g/mol. The number of benzene rings is 1. The van der Waals surface area contributed by atoms with Crippen LogP contribution in [0.25, 0.3) is 0 Å². The summed E-state index contributed by atoms with van der Waals surface area (Å²) in [5, 5.41) is 4.36. The van der Waals surface area contributed by atoms with Crippen molar-refractivity contribution in [2.45, 2.75) is 62.5 Å². The zero-order valence-corrected chi connectivity index (χ0v) is 17.4. The number of aromatic nitrogens is 1. The molecule has 3 rings (SSSR count). The molecule has 2 heterocycles. The standard InChI is InChI=1S/C22H29ClN2S/c1-3-4-5-16(2)18-6-8-19(25-14-18)15-26-22-20-11-13-24-12-10-17(20)7-9-21(22)23/h6-9,14,16,24H,3-5,10-13,15H2,1-2H3. The highest BCUT2D eigenvalue weighted by molar-refractivity contribution is 7.98. The van der Waals surface area contributed by atoms with Crippen LogP contribution in [0.5, 0.6) is 0 Å². The zero-order chi connectivity index (χ0) is 18.4. The van der Waals surface area contributed by atoms with E-state index in [9.17, 15) is 0 Å². The van der Waals surface area contributed by atoms with Crippen LogP contribution >= 0.6 is 23.4 Å². The summed E-state index contributed by atoms with van der Waals surface area (Å²) in [6.45, 7) is 6.63. The molecule has 0 saturated carbocycles. The van der Waals surface area contributed by atoms with E-state index in [4.69, 9.17) is 16.6 Å². The number of nitrogens with zero attached hydrogens (tertiary/aromatic N) is 1. The van der Waals surface area contributed by atoms with Crippen LogP contribution in [0.1, 0.15) is 61.4 Å². The van der Waals surface area contributed by atoms with Crippen molar-refractivity contribution in [3.63, 3.8) is 0 Å². The fraction of sp³-hybridized carbons (Fsp3) is 0.500. The van der Waals surface area contributed by atoms with Crippen molar-refractivity contribution < 1.29 is 0 Å². The van der Waals surface area contributed by atoms with Crippen molar-refractivity contribution in [2.24, 2.45) is 0 Å². The van der Waals surface area contributed by atoms with Crippen molar-refractivity contribution in [2.75, 3.05) is 13.1 Å². The highest BCUT2D eigenvalue weighted by Gasteiger charge is 2.15. The quantitative estimate of drug-likeness (QED) is 0.588. The van der Waals surface area contributed by atoms with Crippen molar-refractivity contribution in [3.8, 4) is 0 Å². The van der Waals surface area contributed by atoms with Crippen LogP contribution in [0.2, 0.25) is 5.02 Å². The minimum absolute atomic E-state index is 0.594. The average molecular weight is 389 g/mol. The first kappa shape index (κ1) is 19.7. The number of hydrogen-bond donors (Lipinski definition) is 1. The van der Waals surface area contributed by atoms with E-state index in [2.05, 4.69) is 49.6 Å². The van der Waals surface area contributed by atoms with Crippen LogP contribution in [-0.4, -0.2) is 18.1 Å². The van der Waals surface area contributed by atoms with Gasteiger partial charge in [0.25, 0.3) is 0 Å². The Morgan fingerprint density at radius 3 is 2.81 bits per heavy atom. The molecule has 4 heteroatoms. The van der Waals surface area contributed by atoms with Gasteiger partial charge >= 0.3 is 0 Å². The summed E-state index contributed by atoms with van der Waals surface area (Å²) < 4.78 is 0. The molecular formula is C22H29ClN2S. The molecule has 140 valence electrons. The Labute approximate surface area is 167 Å². The second-order valence-corrected chi connectivity index (χ2v) is 8.57. The van der Waals surface area contributed by atoms with Crippen LogP contribution < -0.4 is 5.32 Å². The number of pyridine rings is 1. The molecule has 1 aliphatic rings. The highest BCUT2D eigenvalue weighted by Crippen LogP contribution is 2.35. The number of unbranched alkanes of at least 4 members (excludes halogenated alkanes) is 1. The van der Waals surface area contributed by atoms with Crippen molar-refractivity contribution in [1.29, 1.82) is 0 Å². The summed E-state index contributed by atoms with van der Waals surface area (Å²) in [5.74, 6) is 1.46. The van der Waals surface area contributed by atoms with Gasteiger partial charge in [-0.15, -0.1) is 11.8 Å². The lowest BCUT2D eigenvalue weighted by Crippen LogP contribution is -2.16. The number of halogens is 1. The molecule has 0 radical (unpaired) electrons. The lowest BCUT2D eigenvalue weighted by atomic mass is 9.97. The minimum Gasteiger partial charge on any atom is -0.316 e. The average Bonchev–Trinajstić information content (AvgIpc) is 2.91. The van der Waals surface area contributed by atoms with Gasteiger partial charge in [-0.25, -0.2) is 0 Å². The van der Waals surface area contributed by atoms with E-state index in [1.165, 1.54) is 40.8 Å². The van der Waals surface area contributed by atoms with Gasteiger partial charge < -0.3 is 5.32 Å². The van der Waals surface area contributed by atoms with E-state index in [0.29, 0.717) is 5.92 Å². The van der Waals surface area contributed by atoms with Crippen LogP contribution in [0, 0.1) is 0 Å². The van der Waals surface area contributed by atoms with E-state index in [-0.39, 0.29) is 0 Å². The molecule has 1 aliphatic heterocycles. The lowest BCUT2D eigenvalue weighted by molar-refractivity contribution is 0.622. The first-order valence-electron chi connectivity index (χ1n) is 9.77. The summed E-state index contributed by atoms with van der Waals surface area (Å²) in [5.41, 5.74) is 5.35. The van der Waals surface area contributed by atoms with Gasteiger partial charge in [0.1, 0.15) is 0 Å². The maximum Gasteiger partial charge on any atom is 0.0544 e. The van der Waals surface area contributed by atoms with Gasteiger partial charge in [-0.05, 0) is 67.1 Å². The number of hydrogen-bond acceptors (Lipinski definition) is 3. The Bertz CT molecular complexity index is 715. The second-order valence-electron chi connectivity index (χ2n) is 7.18. The molecule has 1 atom stereocenters. The summed E-state index contributed by atoms with van der Waals surface area (Å²) in [7, 11) is 0. The molecule has 0 spiro atoms. The van der Waals surface area contributed by atoms with E-state index in [0.717, 1.165) is 42.4 Å². The molecule has 0 fully saturated rings. The van der Waals surface area contributed by atoms with E-state index < -0.39 is 0 Å². The van der Waals surface area contributed by atoms with Crippen molar-refractivity contribution in [3.05, 3.63) is 57.9 Å². The van der Waals surface area contributed by atoms with Crippen LogP contribution in [0.15, 0.2) is 35.4 Å². The molecule has 0 aliphatic carbocycles. The van der Waals surface area contributed by atoms with Gasteiger partial charge in [0.05, 0.1) is 10.7 Å². The Balaban J connectivity index is 1.68. The maximum absolute atomic E-state index is 6.53. The molecule has 0 saturated heterocycles. The normalized spacial score (nSPS) is 15.3. The fourth-order valence-electron chi connectivity index (χ4n) is 3.50. The number of nitrogens with one attached hydrogen (secondary N) is 1. The molecule has 1 unspecified atom stereocenters. The zero-order valence-electron chi connectivity index (χ0n) is 15.9. The van der Waals surface area contributed by atoms with Gasteiger partial charge in [0.15, 0.2) is 0 Å². The fourth-order valence-corrected chi connectivity index (χ4v) is 4.92. The number of fused-ring (bicyclic) bond motifs is 1. The number of thioether (sulfide) groups is 1. The van der Waals surface area contributed by atoms with Crippen LogP contribution in [-0.2, 0) is 18.6 Å². The van der Waals surface area contributed by atoms with Crippen LogP contribution in [0.3, 0.4) is 0 Å². The molecule has 0 amide bonds. The Kier molecular flexibility index (Phi) is 7.42. The molecule has 1 aromatic heterocycles. The Hall–Kier alpha value is -1.03. The molecule has 26 heavy (non-hydrogen) atoms. The molecule has 2 nitrogen and oxygen atoms in total. The van der Waals surface area contributed by atoms with Gasteiger partial charge in [0, 0.05) is 16.8 Å². The van der Waals surface area contributed by atoms with Gasteiger partial charge in [0.2, 0.25) is 0 Å². The SMILES string of the molecule is CCCCC(C)c1ccc(CSc2c(Cl)ccc3c2CCNCC3)nc1. The monoisotopic (exact) mass is 388 g/mol. The van der Waals surface area contributed by atoms with Gasteiger partial charge in [-0.3, -0.25) is 4.98 Å². The lowest BCUT2D eigenvalue weighted by Gasteiger charge is -2.14. The third-order valence-corrected chi connectivity index (χ3v) is 6.83. The van der Waals surface area contributed by atoms with Gasteiger partial charge in [-0.1, -0.05) is 50.4 Å². The first-order valence-corrected chi connectivity index (χ1v) is 11.1. The van der Waals surface area contributed by atoms with Crippen molar-refractivity contribution >= 4 is 23.4 Å². The summed E-state index contributed by atoms with van der Waals surface area (Å²) in [6.07, 6.45) is 7.98. The first-order chi connectivity index (χ1) is 12.7. The summed E-state index contributed by atoms with van der Waals surface area (Å²) in [4.78, 5) is 5.95. The molecule has 2 aromatic rings. The van der Waals surface area contributed by atoms with Crippen molar-refractivity contribution in [1.82, 2.24) is 10.3 Å². The predicted molar refractivity (Wildman–Crippen MR) is 113 cm³/mol.